The van der Waals surface area contributed by atoms with E-state index in [1.807, 2.05) is 39.1 Å². The van der Waals surface area contributed by atoms with Crippen LogP contribution < -0.4 is 10.6 Å². The zero-order valence-corrected chi connectivity index (χ0v) is 15.9. The number of hydrogen-bond acceptors (Lipinski definition) is 4. The normalized spacial score (nSPS) is 11.1. The van der Waals surface area contributed by atoms with Gasteiger partial charge in [-0.1, -0.05) is 30.3 Å². The third-order valence-corrected chi connectivity index (χ3v) is 4.46. The molecule has 0 saturated carbocycles. The van der Waals surface area contributed by atoms with Gasteiger partial charge in [-0.15, -0.1) is 36.2 Å². The first-order valence-electron chi connectivity index (χ1n) is 7.06. The van der Waals surface area contributed by atoms with Gasteiger partial charge in [0.2, 0.25) is 0 Å². The van der Waals surface area contributed by atoms with Crippen LogP contribution in [0.25, 0.3) is 0 Å². The van der Waals surface area contributed by atoms with E-state index in [0.29, 0.717) is 11.4 Å². The molecule has 1 amide bonds. The minimum atomic E-state index is -0.0357. The minimum Gasteiger partial charge on any atom is -0.350 e. The summed E-state index contributed by atoms with van der Waals surface area (Å²) in [6, 6.07) is 10.4. The predicted molar refractivity (Wildman–Crippen MR) is 101 cm³/mol. The monoisotopic (exact) mass is 375 g/mol. The molecule has 1 unspecified atom stereocenters. The molecule has 128 valence electrons. The third kappa shape index (κ3) is 6.47. The van der Waals surface area contributed by atoms with E-state index in [4.69, 9.17) is 0 Å². The molecular weight excluding hydrogens is 353 g/mol. The first-order valence-corrected chi connectivity index (χ1v) is 7.87. The van der Waals surface area contributed by atoms with E-state index < -0.39 is 0 Å². The molecule has 1 aromatic carbocycles. The second kappa shape index (κ2) is 10.6. The standard InChI is InChI=1S/C16H21N3OS.2ClH/c1-11(17-3)10-18-16(20)15-12(2)19-14(21-15)9-13-7-5-4-6-8-13;;/h4-8,11,17H,9-10H2,1-3H3,(H,18,20);2*1H. The van der Waals surface area contributed by atoms with E-state index in [9.17, 15) is 4.79 Å². The number of benzene rings is 1. The first kappa shape index (κ1) is 21.9. The van der Waals surface area contributed by atoms with Crippen molar-refractivity contribution < 1.29 is 4.79 Å². The number of carbonyl (C=O) groups excluding carboxylic acids is 1. The summed E-state index contributed by atoms with van der Waals surface area (Å²) >= 11 is 1.48. The molecule has 0 fully saturated rings. The molecule has 0 aliphatic heterocycles. The van der Waals surface area contributed by atoms with Gasteiger partial charge in [-0.25, -0.2) is 4.98 Å². The van der Waals surface area contributed by atoms with Crippen molar-refractivity contribution in [1.82, 2.24) is 15.6 Å². The highest BCUT2D eigenvalue weighted by atomic mass is 35.5. The van der Waals surface area contributed by atoms with Crippen LogP contribution >= 0.6 is 36.2 Å². The maximum absolute atomic E-state index is 12.2. The number of hydrogen-bond donors (Lipinski definition) is 2. The Kier molecular flexibility index (Phi) is 10.1. The zero-order valence-electron chi connectivity index (χ0n) is 13.5. The van der Waals surface area contributed by atoms with Gasteiger partial charge in [0.25, 0.3) is 5.91 Å². The van der Waals surface area contributed by atoms with Crippen molar-refractivity contribution in [1.29, 1.82) is 0 Å². The van der Waals surface area contributed by atoms with Crippen LogP contribution in [0.15, 0.2) is 30.3 Å². The Morgan fingerprint density at radius 2 is 1.91 bits per heavy atom. The van der Waals surface area contributed by atoms with Gasteiger partial charge in [0.15, 0.2) is 0 Å². The molecular formula is C16H23Cl2N3OS. The van der Waals surface area contributed by atoms with E-state index in [0.717, 1.165) is 17.1 Å². The Morgan fingerprint density at radius 3 is 2.52 bits per heavy atom. The summed E-state index contributed by atoms with van der Waals surface area (Å²) in [7, 11) is 1.88. The topological polar surface area (TPSA) is 54.0 Å². The molecule has 1 aromatic heterocycles. The van der Waals surface area contributed by atoms with Crippen molar-refractivity contribution in [3.8, 4) is 0 Å². The number of thiazole rings is 1. The Morgan fingerprint density at radius 1 is 1.26 bits per heavy atom. The molecule has 2 rings (SSSR count). The van der Waals surface area contributed by atoms with Gasteiger partial charge in [0.05, 0.1) is 10.7 Å². The number of halogens is 2. The van der Waals surface area contributed by atoms with E-state index in [1.165, 1.54) is 16.9 Å². The third-order valence-electron chi connectivity index (χ3n) is 3.31. The van der Waals surface area contributed by atoms with E-state index in [-0.39, 0.29) is 36.8 Å². The van der Waals surface area contributed by atoms with Crippen molar-refractivity contribution in [3.05, 3.63) is 51.5 Å². The smallest absolute Gasteiger partial charge is 0.263 e. The van der Waals surface area contributed by atoms with Crippen molar-refractivity contribution in [2.75, 3.05) is 13.6 Å². The van der Waals surface area contributed by atoms with Gasteiger partial charge in [-0.05, 0) is 26.5 Å². The average molecular weight is 376 g/mol. The fourth-order valence-electron chi connectivity index (χ4n) is 1.94. The maximum atomic E-state index is 12.2. The number of amides is 1. The Hall–Kier alpha value is -1.14. The van der Waals surface area contributed by atoms with E-state index >= 15 is 0 Å². The highest BCUT2D eigenvalue weighted by molar-refractivity contribution is 7.13. The van der Waals surface area contributed by atoms with Crippen LogP contribution in [0, 0.1) is 6.92 Å². The molecule has 0 aliphatic rings. The van der Waals surface area contributed by atoms with Crippen molar-refractivity contribution in [3.63, 3.8) is 0 Å². The van der Waals surface area contributed by atoms with E-state index in [1.54, 1.807) is 0 Å². The molecule has 0 saturated heterocycles. The second-order valence-electron chi connectivity index (χ2n) is 5.08. The molecule has 2 aromatic rings. The van der Waals surface area contributed by atoms with Gasteiger partial charge in [-0.2, -0.15) is 0 Å². The van der Waals surface area contributed by atoms with Crippen molar-refractivity contribution in [2.24, 2.45) is 0 Å². The lowest BCUT2D eigenvalue weighted by Gasteiger charge is -2.10. The summed E-state index contributed by atoms with van der Waals surface area (Å²) in [6.07, 6.45) is 0.770. The van der Waals surface area contributed by atoms with Gasteiger partial charge in [-0.3, -0.25) is 4.79 Å². The molecule has 1 heterocycles. The number of nitrogens with zero attached hydrogens (tertiary/aromatic N) is 1. The van der Waals surface area contributed by atoms with Crippen molar-refractivity contribution in [2.45, 2.75) is 26.3 Å². The fraction of sp³-hybridized carbons (Fsp3) is 0.375. The maximum Gasteiger partial charge on any atom is 0.263 e. The molecule has 4 nitrogen and oxygen atoms in total. The minimum absolute atomic E-state index is 0. The summed E-state index contributed by atoms with van der Waals surface area (Å²) < 4.78 is 0. The van der Waals surface area contributed by atoms with Crippen LogP contribution in [-0.4, -0.2) is 30.5 Å². The average Bonchev–Trinajstić information content (AvgIpc) is 2.86. The highest BCUT2D eigenvalue weighted by Gasteiger charge is 2.15. The molecule has 1 atom stereocenters. The second-order valence-corrected chi connectivity index (χ2v) is 6.17. The number of aryl methyl sites for hydroxylation is 1. The molecule has 7 heteroatoms. The number of rotatable bonds is 6. The van der Waals surface area contributed by atoms with Crippen LogP contribution in [0.5, 0.6) is 0 Å². The van der Waals surface area contributed by atoms with Gasteiger partial charge in [0, 0.05) is 19.0 Å². The summed E-state index contributed by atoms with van der Waals surface area (Å²) in [5.74, 6) is -0.0357. The Balaban J connectivity index is 0.00000242. The Labute approximate surface area is 153 Å². The van der Waals surface area contributed by atoms with Crippen LogP contribution in [0.2, 0.25) is 0 Å². The lowest BCUT2D eigenvalue weighted by atomic mass is 10.2. The van der Waals surface area contributed by atoms with Crippen LogP contribution in [0.1, 0.15) is 32.9 Å². The molecule has 2 N–H and O–H groups in total. The Bertz CT molecular complexity index is 605. The lowest BCUT2D eigenvalue weighted by molar-refractivity contribution is 0.0954. The molecule has 0 aliphatic carbocycles. The quantitative estimate of drug-likeness (QED) is 0.814. The highest BCUT2D eigenvalue weighted by Crippen LogP contribution is 2.20. The SMILES string of the molecule is CNC(C)CNC(=O)c1sc(Cc2ccccc2)nc1C.Cl.Cl. The predicted octanol–water partition coefficient (Wildman–Crippen LogP) is 3.22. The van der Waals surface area contributed by atoms with Crippen LogP contribution in [0.4, 0.5) is 0 Å². The van der Waals surface area contributed by atoms with Crippen molar-refractivity contribution >= 4 is 42.1 Å². The van der Waals surface area contributed by atoms with Gasteiger partial charge in [0.1, 0.15) is 4.88 Å². The molecule has 0 radical (unpaired) electrons. The number of aromatic nitrogens is 1. The summed E-state index contributed by atoms with van der Waals surface area (Å²) in [4.78, 5) is 17.4. The summed E-state index contributed by atoms with van der Waals surface area (Å²) in [6.45, 7) is 4.53. The molecule has 0 bridgehead atoms. The fourth-order valence-corrected chi connectivity index (χ4v) is 2.95. The number of carbonyl (C=O) groups is 1. The zero-order chi connectivity index (χ0) is 15.2. The number of likely N-dealkylation sites (N-methyl/N-ethyl adjacent to an activating group) is 1. The lowest BCUT2D eigenvalue weighted by Crippen LogP contribution is -2.37. The largest absolute Gasteiger partial charge is 0.350 e. The molecule has 0 spiro atoms. The first-order chi connectivity index (χ1) is 10.1. The summed E-state index contributed by atoms with van der Waals surface area (Å²) in [5.41, 5.74) is 2.02. The van der Waals surface area contributed by atoms with Crippen LogP contribution in [0.3, 0.4) is 0 Å². The van der Waals surface area contributed by atoms with E-state index in [2.05, 4.69) is 27.8 Å². The van der Waals surface area contributed by atoms with Crippen LogP contribution in [-0.2, 0) is 6.42 Å². The molecule has 23 heavy (non-hydrogen) atoms. The van der Waals surface area contributed by atoms with Gasteiger partial charge >= 0.3 is 0 Å². The number of nitrogens with one attached hydrogen (secondary N) is 2. The van der Waals surface area contributed by atoms with Gasteiger partial charge < -0.3 is 10.6 Å². The summed E-state index contributed by atoms with van der Waals surface area (Å²) in [5, 5.41) is 7.01.